The molecule has 0 bridgehead atoms. The number of thioether (sulfide) groups is 2. The van der Waals surface area contributed by atoms with Crippen molar-refractivity contribution in [3.8, 4) is 22.3 Å². The van der Waals surface area contributed by atoms with Gasteiger partial charge in [-0.1, -0.05) is 109 Å². The fourth-order valence-electron chi connectivity index (χ4n) is 8.07. The second-order valence-corrected chi connectivity index (χ2v) is 15.9. The highest BCUT2D eigenvalue weighted by molar-refractivity contribution is 7.99. The van der Waals surface area contributed by atoms with Crippen molar-refractivity contribution < 1.29 is 19.1 Å². The maximum atomic E-state index is 14.2. The molecule has 2 aromatic heterocycles. The number of pyridine rings is 2. The monoisotopic (exact) mass is 772 g/mol. The van der Waals surface area contributed by atoms with Gasteiger partial charge >= 0.3 is 11.9 Å². The lowest BCUT2D eigenvalue weighted by Gasteiger charge is -2.19. The first-order chi connectivity index (χ1) is 27.5. The van der Waals surface area contributed by atoms with E-state index in [-0.39, 0.29) is 24.3 Å². The third-order valence-corrected chi connectivity index (χ3v) is 13.0. The topological polar surface area (TPSA) is 96.6 Å². The van der Waals surface area contributed by atoms with Gasteiger partial charge in [0.1, 0.15) is 25.3 Å². The van der Waals surface area contributed by atoms with Gasteiger partial charge in [-0.3, -0.25) is 18.7 Å². The van der Waals surface area contributed by atoms with E-state index >= 15 is 0 Å². The van der Waals surface area contributed by atoms with Crippen LogP contribution < -0.4 is 11.1 Å². The van der Waals surface area contributed by atoms with Crippen LogP contribution in [0.4, 0.5) is 0 Å². The summed E-state index contributed by atoms with van der Waals surface area (Å²) in [5.74, 6) is -0.485. The molecule has 8 nitrogen and oxygen atoms in total. The molecule has 8 aromatic rings. The number of rotatable bonds is 7. The lowest BCUT2D eigenvalue weighted by Crippen LogP contribution is -2.32. The third-order valence-electron chi connectivity index (χ3n) is 10.7. The lowest BCUT2D eigenvalue weighted by molar-refractivity contribution is -0.155. The molecular weight excluding hydrogens is 741 g/mol. The smallest absolute Gasteiger partial charge is 0.330 e. The number of benzene rings is 6. The Morgan fingerprint density at radius 3 is 1.21 bits per heavy atom. The van der Waals surface area contributed by atoms with Gasteiger partial charge in [-0.25, -0.2) is 9.59 Å². The highest BCUT2D eigenvalue weighted by Gasteiger charge is 2.37. The SMILES string of the molecule is O=C(OCCOC(=O)[C@@H]1CSc2c(-c3ccccc3)c3cc4ccccc4cc3c(=O)n21)[C@@H]1CSc2c(-c3ccccc3)c3cc4ccccc4cc3c(=O)n21. The zero-order valence-electron chi connectivity index (χ0n) is 29.8. The van der Waals surface area contributed by atoms with Crippen molar-refractivity contribution in [3.63, 3.8) is 0 Å². The molecule has 2 atom stereocenters. The van der Waals surface area contributed by atoms with Crippen LogP contribution in [-0.4, -0.2) is 45.8 Å². The number of ether oxygens (including phenoxy) is 2. The number of esters is 2. The molecule has 274 valence electrons. The van der Waals surface area contributed by atoms with Crippen LogP contribution in [0.2, 0.25) is 0 Å². The Bertz CT molecular complexity index is 2830. The van der Waals surface area contributed by atoms with E-state index in [4.69, 9.17) is 9.47 Å². The van der Waals surface area contributed by atoms with E-state index in [9.17, 15) is 19.2 Å². The van der Waals surface area contributed by atoms with Gasteiger partial charge in [0.2, 0.25) is 0 Å². The summed E-state index contributed by atoms with van der Waals surface area (Å²) in [6.07, 6.45) is 0. The predicted molar refractivity (Wildman–Crippen MR) is 224 cm³/mol. The Morgan fingerprint density at radius 2 is 0.839 bits per heavy atom. The number of carbonyl (C=O) groups is 2. The Balaban J connectivity index is 0.911. The standard InChI is InChI=1S/C46H32N2O6S2/c49-41-35-23-31-17-9-7-15-29(31)21-33(35)39(27-11-3-1-4-12-27)43-47(41)37(25-55-43)45(51)53-19-20-54-46(52)38-26-56-44-40(28-13-5-2-6-14-28)34-22-30-16-8-10-18-32(30)24-36(34)42(50)48(38)44/h1-18,21-24,37-38H,19-20,25-26H2/t37-,38-/m0/s1. The minimum atomic E-state index is -0.853. The Hall–Kier alpha value is -6.10. The van der Waals surface area contributed by atoms with Crippen LogP contribution in [-0.2, 0) is 19.1 Å². The summed E-state index contributed by atoms with van der Waals surface area (Å²) >= 11 is 2.92. The number of hydrogen-bond acceptors (Lipinski definition) is 8. The molecule has 56 heavy (non-hydrogen) atoms. The van der Waals surface area contributed by atoms with Gasteiger partial charge in [-0.2, -0.15) is 0 Å². The van der Waals surface area contributed by atoms with Crippen LogP contribution in [0.3, 0.4) is 0 Å². The summed E-state index contributed by atoms with van der Waals surface area (Å²) in [7, 11) is 0. The van der Waals surface area contributed by atoms with E-state index in [2.05, 4.69) is 12.1 Å². The van der Waals surface area contributed by atoms with Crippen molar-refractivity contribution in [1.82, 2.24) is 9.13 Å². The lowest BCUT2D eigenvalue weighted by atomic mass is 9.97. The van der Waals surface area contributed by atoms with E-state index in [0.717, 1.165) is 64.6 Å². The van der Waals surface area contributed by atoms with Crippen molar-refractivity contribution in [2.45, 2.75) is 22.1 Å². The first-order valence-electron chi connectivity index (χ1n) is 18.4. The molecule has 0 spiro atoms. The van der Waals surface area contributed by atoms with Crippen LogP contribution in [0.15, 0.2) is 153 Å². The normalized spacial score (nSPS) is 16.0. The quantitative estimate of drug-likeness (QED) is 0.0900. The van der Waals surface area contributed by atoms with Gasteiger partial charge in [0.25, 0.3) is 11.1 Å². The average Bonchev–Trinajstić information content (AvgIpc) is 3.88. The molecule has 4 heterocycles. The highest BCUT2D eigenvalue weighted by Crippen LogP contribution is 2.45. The highest BCUT2D eigenvalue weighted by atomic mass is 32.2. The Labute approximate surface area is 328 Å². The molecule has 0 fully saturated rings. The van der Waals surface area contributed by atoms with E-state index in [1.807, 2.05) is 121 Å². The minimum Gasteiger partial charge on any atom is -0.460 e. The van der Waals surface area contributed by atoms with Crippen molar-refractivity contribution in [2.24, 2.45) is 0 Å². The van der Waals surface area contributed by atoms with E-state index in [0.29, 0.717) is 22.3 Å². The first kappa shape index (κ1) is 34.4. The van der Waals surface area contributed by atoms with Crippen LogP contribution in [0.25, 0.3) is 65.3 Å². The number of fused-ring (bicyclic) bond motifs is 6. The van der Waals surface area contributed by atoms with E-state index in [1.165, 1.54) is 23.5 Å². The van der Waals surface area contributed by atoms with Gasteiger partial charge in [0.05, 0.1) is 10.1 Å². The fraction of sp³-hybridized carbons (Fsp3) is 0.130. The molecule has 2 aliphatic heterocycles. The summed E-state index contributed by atoms with van der Waals surface area (Å²) in [4.78, 5) is 55.7. The van der Waals surface area contributed by atoms with Crippen molar-refractivity contribution in [3.05, 3.63) is 154 Å². The number of carbonyl (C=O) groups excluding carboxylic acids is 2. The second kappa shape index (κ2) is 13.9. The summed E-state index contributed by atoms with van der Waals surface area (Å²) in [5, 5.41) is 8.09. The number of aromatic nitrogens is 2. The van der Waals surface area contributed by atoms with Gasteiger partial charge < -0.3 is 9.47 Å². The van der Waals surface area contributed by atoms with Gasteiger partial charge in [-0.15, -0.1) is 23.5 Å². The van der Waals surface area contributed by atoms with E-state index in [1.54, 1.807) is 9.13 Å². The summed E-state index contributed by atoms with van der Waals surface area (Å²) < 4.78 is 14.5. The number of hydrogen-bond donors (Lipinski definition) is 0. The first-order valence-corrected chi connectivity index (χ1v) is 20.3. The molecule has 0 amide bonds. The molecule has 10 rings (SSSR count). The van der Waals surface area contributed by atoms with Crippen LogP contribution in [0.1, 0.15) is 12.1 Å². The Kier molecular flexibility index (Phi) is 8.53. The summed E-state index contributed by atoms with van der Waals surface area (Å²) in [6, 6.07) is 41.8. The predicted octanol–water partition coefficient (Wildman–Crippen LogP) is 9.04. The van der Waals surface area contributed by atoms with Gasteiger partial charge in [-0.05, 0) is 67.7 Å². The van der Waals surface area contributed by atoms with Gasteiger partial charge in [0, 0.05) is 33.4 Å². The molecule has 0 saturated heterocycles. The van der Waals surface area contributed by atoms with E-state index < -0.39 is 24.0 Å². The molecule has 0 aliphatic carbocycles. The third kappa shape index (κ3) is 5.62. The number of nitrogens with zero attached hydrogens (tertiary/aromatic N) is 2. The maximum absolute atomic E-state index is 14.2. The van der Waals surface area contributed by atoms with Crippen LogP contribution in [0, 0.1) is 0 Å². The van der Waals surface area contributed by atoms with Crippen molar-refractivity contribution in [1.29, 1.82) is 0 Å². The zero-order chi connectivity index (χ0) is 37.9. The average molecular weight is 773 g/mol. The second-order valence-electron chi connectivity index (χ2n) is 13.9. The molecule has 6 aromatic carbocycles. The maximum Gasteiger partial charge on any atom is 0.330 e. The molecular formula is C46H32N2O6S2. The van der Waals surface area contributed by atoms with Crippen LogP contribution >= 0.6 is 23.5 Å². The molecule has 2 aliphatic rings. The van der Waals surface area contributed by atoms with Gasteiger partial charge in [0.15, 0.2) is 0 Å². The minimum absolute atomic E-state index is 0.194. The van der Waals surface area contributed by atoms with Crippen molar-refractivity contribution in [2.75, 3.05) is 24.7 Å². The van der Waals surface area contributed by atoms with Crippen LogP contribution in [0.5, 0.6) is 0 Å². The van der Waals surface area contributed by atoms with Crippen molar-refractivity contribution >= 4 is 78.6 Å². The Morgan fingerprint density at radius 1 is 0.500 bits per heavy atom. The largest absolute Gasteiger partial charge is 0.460 e. The summed E-state index contributed by atoms with van der Waals surface area (Å²) in [5.41, 5.74) is 3.21. The molecule has 10 heteroatoms. The molecule has 0 unspecified atom stereocenters. The molecule has 0 saturated carbocycles. The summed E-state index contributed by atoms with van der Waals surface area (Å²) in [6.45, 7) is -0.389. The molecule has 0 radical (unpaired) electrons. The molecule has 0 N–H and O–H groups in total. The zero-order valence-corrected chi connectivity index (χ0v) is 31.5. The fourth-order valence-corrected chi connectivity index (χ4v) is 10.7.